The summed E-state index contributed by atoms with van der Waals surface area (Å²) in [4.78, 5) is 4.34. The summed E-state index contributed by atoms with van der Waals surface area (Å²) >= 11 is 5.99. The van der Waals surface area contributed by atoms with Crippen LogP contribution in [-0.2, 0) is 0 Å². The van der Waals surface area contributed by atoms with Gasteiger partial charge in [0.2, 0.25) is 0 Å². The molecule has 4 atom stereocenters. The molecule has 19 heavy (non-hydrogen) atoms. The molecule has 0 aliphatic heterocycles. The van der Waals surface area contributed by atoms with E-state index in [9.17, 15) is 0 Å². The van der Waals surface area contributed by atoms with E-state index in [-0.39, 0.29) is 0 Å². The lowest BCUT2D eigenvalue weighted by molar-refractivity contribution is 0.456. The summed E-state index contributed by atoms with van der Waals surface area (Å²) < 4.78 is 2.11. The number of aromatic nitrogens is 4. The van der Waals surface area contributed by atoms with Crippen molar-refractivity contribution >= 4 is 17.2 Å². The highest BCUT2D eigenvalue weighted by Gasteiger charge is 2.66. The average Bonchev–Trinajstić information content (AvgIpc) is 2.77. The van der Waals surface area contributed by atoms with E-state index in [4.69, 9.17) is 11.6 Å². The monoisotopic (exact) mass is 274 g/mol. The van der Waals surface area contributed by atoms with Crippen LogP contribution in [0.3, 0.4) is 0 Å². The normalized spacial score (nSPS) is 38.9. The largest absolute Gasteiger partial charge is 0.266 e. The summed E-state index contributed by atoms with van der Waals surface area (Å²) in [5.74, 6) is 6.31. The SMILES string of the molecule is Cc1nc(Cl)cc2nnc(C3C4C5CCC(C5)C34)n12. The fraction of sp³-hybridized carbons (Fsp3) is 0.643. The topological polar surface area (TPSA) is 43.1 Å². The Morgan fingerprint density at radius 1 is 1.21 bits per heavy atom. The molecule has 3 saturated carbocycles. The summed E-state index contributed by atoms with van der Waals surface area (Å²) in [6.45, 7) is 1.98. The van der Waals surface area contributed by atoms with E-state index in [0.29, 0.717) is 11.1 Å². The molecular formula is C14H15ClN4. The van der Waals surface area contributed by atoms with Gasteiger partial charge in [-0.15, -0.1) is 10.2 Å². The van der Waals surface area contributed by atoms with Crippen LogP contribution in [0.15, 0.2) is 6.07 Å². The first-order valence-corrected chi connectivity index (χ1v) is 7.50. The van der Waals surface area contributed by atoms with Crippen LogP contribution in [0.5, 0.6) is 0 Å². The molecule has 5 rings (SSSR count). The smallest absolute Gasteiger partial charge is 0.165 e. The van der Waals surface area contributed by atoms with E-state index in [1.165, 1.54) is 19.3 Å². The Morgan fingerprint density at radius 3 is 2.68 bits per heavy atom. The molecule has 2 aromatic heterocycles. The minimum absolute atomic E-state index is 0.500. The van der Waals surface area contributed by atoms with Crippen molar-refractivity contribution in [2.24, 2.45) is 23.7 Å². The first kappa shape index (κ1) is 10.6. The Morgan fingerprint density at radius 2 is 1.95 bits per heavy atom. The Labute approximate surface area is 116 Å². The van der Waals surface area contributed by atoms with Crippen molar-refractivity contribution in [2.75, 3.05) is 0 Å². The molecule has 2 bridgehead atoms. The van der Waals surface area contributed by atoms with Gasteiger partial charge in [-0.05, 0) is 49.9 Å². The minimum atomic E-state index is 0.500. The summed E-state index contributed by atoms with van der Waals surface area (Å²) in [6.07, 6.45) is 4.33. The average molecular weight is 275 g/mol. The fourth-order valence-corrected chi connectivity index (χ4v) is 5.18. The molecule has 98 valence electrons. The van der Waals surface area contributed by atoms with Crippen molar-refractivity contribution in [1.82, 2.24) is 19.6 Å². The second-order valence-electron chi connectivity index (χ2n) is 6.39. The van der Waals surface area contributed by atoms with E-state index < -0.39 is 0 Å². The van der Waals surface area contributed by atoms with Gasteiger partial charge in [0.1, 0.15) is 16.8 Å². The molecule has 0 amide bonds. The van der Waals surface area contributed by atoms with Crippen molar-refractivity contribution < 1.29 is 0 Å². The van der Waals surface area contributed by atoms with E-state index in [1.54, 1.807) is 6.07 Å². The van der Waals surface area contributed by atoms with Gasteiger partial charge in [0.15, 0.2) is 5.65 Å². The summed E-state index contributed by atoms with van der Waals surface area (Å²) in [6, 6.07) is 1.80. The maximum atomic E-state index is 5.99. The number of hydrogen-bond acceptors (Lipinski definition) is 3. The fourth-order valence-electron chi connectivity index (χ4n) is 4.96. The number of halogens is 1. The van der Waals surface area contributed by atoms with Crippen molar-refractivity contribution in [3.8, 4) is 0 Å². The van der Waals surface area contributed by atoms with E-state index >= 15 is 0 Å². The zero-order chi connectivity index (χ0) is 12.7. The second kappa shape index (κ2) is 3.29. The minimum Gasteiger partial charge on any atom is -0.266 e. The predicted molar refractivity (Wildman–Crippen MR) is 71.1 cm³/mol. The van der Waals surface area contributed by atoms with Gasteiger partial charge in [-0.2, -0.15) is 0 Å². The molecule has 3 fully saturated rings. The van der Waals surface area contributed by atoms with Gasteiger partial charge in [0, 0.05) is 12.0 Å². The van der Waals surface area contributed by atoms with Gasteiger partial charge in [-0.3, -0.25) is 4.40 Å². The molecule has 3 aliphatic carbocycles. The predicted octanol–water partition coefficient (Wildman–Crippen LogP) is 2.85. The van der Waals surface area contributed by atoms with Crippen molar-refractivity contribution in [1.29, 1.82) is 0 Å². The molecule has 2 heterocycles. The standard InChI is InChI=1S/C14H15ClN4/c1-6-16-9(15)5-10-17-18-14(19(6)10)13-11-7-2-3-8(4-7)12(11)13/h5,7-8,11-13H,2-4H2,1H3. The molecule has 0 spiro atoms. The van der Waals surface area contributed by atoms with Gasteiger partial charge in [0.05, 0.1) is 0 Å². The van der Waals surface area contributed by atoms with E-state index in [1.807, 2.05) is 6.92 Å². The Hall–Kier alpha value is -1.16. The lowest BCUT2D eigenvalue weighted by Gasteiger charge is -2.08. The quantitative estimate of drug-likeness (QED) is 0.751. The molecule has 0 N–H and O–H groups in total. The molecule has 5 heteroatoms. The van der Waals surface area contributed by atoms with Crippen molar-refractivity contribution in [3.05, 3.63) is 22.9 Å². The zero-order valence-corrected chi connectivity index (χ0v) is 11.5. The Kier molecular flexibility index (Phi) is 1.84. The third-order valence-electron chi connectivity index (χ3n) is 5.59. The lowest BCUT2D eigenvalue weighted by atomic mass is 10.0. The first-order valence-electron chi connectivity index (χ1n) is 7.12. The summed E-state index contributed by atoms with van der Waals surface area (Å²) in [5.41, 5.74) is 0.838. The van der Waals surface area contributed by atoms with Crippen LogP contribution in [-0.4, -0.2) is 19.6 Å². The van der Waals surface area contributed by atoms with Crippen LogP contribution < -0.4 is 0 Å². The third-order valence-corrected chi connectivity index (χ3v) is 5.78. The highest BCUT2D eigenvalue weighted by molar-refractivity contribution is 6.29. The van der Waals surface area contributed by atoms with Gasteiger partial charge in [0.25, 0.3) is 0 Å². The van der Waals surface area contributed by atoms with Crippen LogP contribution in [0.4, 0.5) is 0 Å². The maximum absolute atomic E-state index is 5.99. The molecule has 3 aliphatic rings. The molecular weight excluding hydrogens is 260 g/mol. The first-order chi connectivity index (χ1) is 9.24. The van der Waals surface area contributed by atoms with Gasteiger partial charge in [-0.1, -0.05) is 11.6 Å². The van der Waals surface area contributed by atoms with Crippen LogP contribution in [0.2, 0.25) is 5.15 Å². The molecule has 4 nitrogen and oxygen atoms in total. The molecule has 0 saturated heterocycles. The summed E-state index contributed by atoms with van der Waals surface area (Å²) in [5, 5.41) is 9.24. The van der Waals surface area contributed by atoms with E-state index in [2.05, 4.69) is 19.6 Å². The van der Waals surface area contributed by atoms with Crippen LogP contribution in [0.25, 0.3) is 5.65 Å². The van der Waals surface area contributed by atoms with Gasteiger partial charge in [-0.25, -0.2) is 4.98 Å². The number of nitrogens with zero attached hydrogens (tertiary/aromatic N) is 4. The number of aryl methyl sites for hydroxylation is 1. The zero-order valence-electron chi connectivity index (χ0n) is 10.8. The highest BCUT2D eigenvalue weighted by atomic mass is 35.5. The van der Waals surface area contributed by atoms with Crippen LogP contribution in [0, 0.1) is 30.6 Å². The second-order valence-corrected chi connectivity index (χ2v) is 6.78. The molecule has 2 aromatic rings. The lowest BCUT2D eigenvalue weighted by Crippen LogP contribution is -2.05. The third kappa shape index (κ3) is 1.23. The maximum Gasteiger partial charge on any atom is 0.165 e. The van der Waals surface area contributed by atoms with Gasteiger partial charge < -0.3 is 0 Å². The van der Waals surface area contributed by atoms with Crippen molar-refractivity contribution in [2.45, 2.75) is 32.1 Å². The van der Waals surface area contributed by atoms with Gasteiger partial charge >= 0.3 is 0 Å². The Bertz CT molecular complexity index is 678. The van der Waals surface area contributed by atoms with E-state index in [0.717, 1.165) is 41.0 Å². The number of fused-ring (bicyclic) bond motifs is 6. The summed E-state index contributed by atoms with van der Waals surface area (Å²) in [7, 11) is 0. The van der Waals surface area contributed by atoms with Crippen molar-refractivity contribution in [3.63, 3.8) is 0 Å². The number of hydrogen-bond donors (Lipinski definition) is 0. The van der Waals surface area contributed by atoms with Crippen LogP contribution >= 0.6 is 11.6 Å². The molecule has 4 unspecified atom stereocenters. The molecule has 0 aromatic carbocycles. The van der Waals surface area contributed by atoms with Crippen LogP contribution in [0.1, 0.15) is 36.8 Å². The molecule has 0 radical (unpaired) electrons. The highest BCUT2D eigenvalue weighted by Crippen LogP contribution is 2.72. The number of rotatable bonds is 1. The Balaban J connectivity index is 1.64.